The molecule has 104 valence electrons. The molecule has 2 aromatic rings. The Morgan fingerprint density at radius 1 is 1.05 bits per heavy atom. The van der Waals surface area contributed by atoms with E-state index in [1.54, 1.807) is 6.21 Å². The third-order valence-electron chi connectivity index (χ3n) is 3.28. The van der Waals surface area contributed by atoms with Gasteiger partial charge in [-0.2, -0.15) is 0 Å². The number of rotatable bonds is 4. The lowest BCUT2D eigenvalue weighted by atomic mass is 9.98. The molecule has 0 aromatic heterocycles. The number of hydrogen-bond acceptors (Lipinski definition) is 2. The Kier molecular flexibility index (Phi) is 4.99. The van der Waals surface area contributed by atoms with Gasteiger partial charge < -0.3 is 4.55 Å². The first-order valence-corrected chi connectivity index (χ1v) is 7.77. The van der Waals surface area contributed by atoms with E-state index in [0.717, 1.165) is 10.5 Å². The summed E-state index contributed by atoms with van der Waals surface area (Å²) in [6, 6.07) is 15.8. The minimum Gasteiger partial charge on any atom is -0.586 e. The van der Waals surface area contributed by atoms with E-state index in [2.05, 4.69) is 30.4 Å². The number of benzene rings is 2. The summed E-state index contributed by atoms with van der Waals surface area (Å²) < 4.78 is 16.3. The molecule has 0 bridgehead atoms. The fourth-order valence-corrected chi connectivity index (χ4v) is 2.82. The summed E-state index contributed by atoms with van der Waals surface area (Å²) in [4.78, 5) is 0.740. The Morgan fingerprint density at radius 2 is 1.70 bits per heavy atom. The third-order valence-corrected chi connectivity index (χ3v) is 4.27. The topological polar surface area (TPSA) is 35.4 Å². The van der Waals surface area contributed by atoms with Gasteiger partial charge in [0.15, 0.2) is 4.90 Å². The maximum atomic E-state index is 12.1. The smallest absolute Gasteiger partial charge is 0.182 e. The molecule has 0 N–H and O–H groups in total. The normalized spacial score (nSPS) is 14.4. The van der Waals surface area contributed by atoms with Gasteiger partial charge >= 0.3 is 0 Å². The average Bonchev–Trinajstić information content (AvgIpc) is 2.45. The lowest BCUT2D eigenvalue weighted by Crippen LogP contribution is -2.02. The molecule has 2 rings (SSSR count). The van der Waals surface area contributed by atoms with Crippen molar-refractivity contribution in [2.45, 2.75) is 31.6 Å². The maximum Gasteiger partial charge on any atom is 0.182 e. The zero-order valence-corrected chi connectivity index (χ0v) is 12.9. The van der Waals surface area contributed by atoms with Crippen molar-refractivity contribution < 1.29 is 4.55 Å². The standard InChI is InChI=1S/C17H19NOS/c1-13-8-10-16(11-9-13)20(19)18-12-15(3)17-7-5-4-6-14(17)2/h4-12,15H,1-3H3/b18-12+. The highest BCUT2D eigenvalue weighted by molar-refractivity contribution is 7.90. The monoisotopic (exact) mass is 285 g/mol. The van der Waals surface area contributed by atoms with Gasteiger partial charge in [0, 0.05) is 5.92 Å². The molecule has 2 unspecified atom stereocenters. The van der Waals surface area contributed by atoms with Crippen LogP contribution in [0.2, 0.25) is 0 Å². The van der Waals surface area contributed by atoms with E-state index >= 15 is 0 Å². The Morgan fingerprint density at radius 3 is 2.35 bits per heavy atom. The first-order valence-electron chi connectivity index (χ1n) is 6.66. The van der Waals surface area contributed by atoms with Crippen molar-refractivity contribution >= 4 is 17.6 Å². The summed E-state index contributed by atoms with van der Waals surface area (Å²) in [6.45, 7) is 6.16. The van der Waals surface area contributed by atoms with Crippen molar-refractivity contribution in [2.75, 3.05) is 0 Å². The molecule has 0 fully saturated rings. The van der Waals surface area contributed by atoms with E-state index in [1.807, 2.05) is 43.3 Å². The van der Waals surface area contributed by atoms with Crippen molar-refractivity contribution in [3.05, 3.63) is 65.2 Å². The predicted octanol–water partition coefficient (Wildman–Crippen LogP) is 4.20. The van der Waals surface area contributed by atoms with Crippen molar-refractivity contribution in [1.82, 2.24) is 0 Å². The van der Waals surface area contributed by atoms with Crippen LogP contribution in [0.3, 0.4) is 0 Å². The van der Waals surface area contributed by atoms with Crippen LogP contribution >= 0.6 is 0 Å². The first kappa shape index (κ1) is 14.8. The molecule has 0 aliphatic rings. The molecule has 3 heteroatoms. The van der Waals surface area contributed by atoms with Gasteiger partial charge in [-0.15, -0.1) is 0 Å². The molecular formula is C17H19NOS. The van der Waals surface area contributed by atoms with Crippen LogP contribution in [0.1, 0.15) is 29.5 Å². The largest absolute Gasteiger partial charge is 0.586 e. The molecule has 0 saturated carbocycles. The van der Waals surface area contributed by atoms with E-state index in [1.165, 1.54) is 11.1 Å². The molecule has 0 spiro atoms. The van der Waals surface area contributed by atoms with Gasteiger partial charge in [0.25, 0.3) is 0 Å². The van der Waals surface area contributed by atoms with Gasteiger partial charge in [0.05, 0.1) is 6.21 Å². The van der Waals surface area contributed by atoms with Crippen LogP contribution in [0.5, 0.6) is 0 Å². The number of hydrogen-bond donors (Lipinski definition) is 0. The van der Waals surface area contributed by atoms with Crippen LogP contribution in [0, 0.1) is 13.8 Å². The Balaban J connectivity index is 2.09. The second kappa shape index (κ2) is 6.73. The average molecular weight is 285 g/mol. The molecule has 2 nitrogen and oxygen atoms in total. The van der Waals surface area contributed by atoms with Crippen LogP contribution in [0.25, 0.3) is 0 Å². The number of nitrogens with zero attached hydrogens (tertiary/aromatic N) is 1. The predicted molar refractivity (Wildman–Crippen MR) is 85.7 cm³/mol. The third kappa shape index (κ3) is 3.71. The van der Waals surface area contributed by atoms with Crippen molar-refractivity contribution in [1.29, 1.82) is 0 Å². The molecule has 0 amide bonds. The van der Waals surface area contributed by atoms with Gasteiger partial charge in [-0.05, 0) is 37.1 Å². The molecule has 0 heterocycles. The zero-order valence-electron chi connectivity index (χ0n) is 12.0. The van der Waals surface area contributed by atoms with E-state index in [9.17, 15) is 4.55 Å². The van der Waals surface area contributed by atoms with Gasteiger partial charge in [-0.3, -0.25) is 0 Å². The lowest BCUT2D eigenvalue weighted by Gasteiger charge is -2.09. The quantitative estimate of drug-likeness (QED) is 0.612. The molecule has 20 heavy (non-hydrogen) atoms. The van der Waals surface area contributed by atoms with E-state index in [4.69, 9.17) is 0 Å². The Bertz CT molecular complexity index is 592. The molecular weight excluding hydrogens is 266 g/mol. The van der Waals surface area contributed by atoms with Crippen LogP contribution in [0.4, 0.5) is 0 Å². The SMILES string of the molecule is Cc1ccc([S+]([O-])/N=C/C(C)c2ccccc2C)cc1. The summed E-state index contributed by atoms with van der Waals surface area (Å²) in [5.74, 6) is 0.158. The van der Waals surface area contributed by atoms with E-state index < -0.39 is 11.4 Å². The maximum absolute atomic E-state index is 12.1. The molecule has 0 saturated heterocycles. The minimum atomic E-state index is -1.32. The molecule has 2 atom stereocenters. The summed E-state index contributed by atoms with van der Waals surface area (Å²) in [7, 11) is 0. The van der Waals surface area contributed by atoms with Crippen molar-refractivity contribution in [3.63, 3.8) is 0 Å². The lowest BCUT2D eigenvalue weighted by molar-refractivity contribution is 0.597. The Labute approximate surface area is 123 Å². The van der Waals surface area contributed by atoms with Crippen molar-refractivity contribution in [3.8, 4) is 0 Å². The highest BCUT2D eigenvalue weighted by atomic mass is 32.2. The Hall–Kier alpha value is -1.58. The second-order valence-corrected chi connectivity index (χ2v) is 6.14. The van der Waals surface area contributed by atoms with Gasteiger partial charge in [0.1, 0.15) is 11.4 Å². The number of aryl methyl sites for hydroxylation is 2. The van der Waals surface area contributed by atoms with Gasteiger partial charge in [-0.1, -0.05) is 53.3 Å². The molecule has 2 aromatic carbocycles. The van der Waals surface area contributed by atoms with Gasteiger partial charge in [-0.25, -0.2) is 0 Å². The zero-order chi connectivity index (χ0) is 14.5. The summed E-state index contributed by atoms with van der Waals surface area (Å²) in [5.41, 5.74) is 3.60. The summed E-state index contributed by atoms with van der Waals surface area (Å²) in [5, 5.41) is 0. The van der Waals surface area contributed by atoms with E-state index in [-0.39, 0.29) is 5.92 Å². The van der Waals surface area contributed by atoms with Crippen LogP contribution < -0.4 is 0 Å². The molecule has 0 aliphatic carbocycles. The minimum absolute atomic E-state index is 0.158. The highest BCUT2D eigenvalue weighted by Crippen LogP contribution is 2.19. The van der Waals surface area contributed by atoms with Crippen molar-refractivity contribution in [2.24, 2.45) is 4.40 Å². The summed E-state index contributed by atoms with van der Waals surface area (Å²) in [6.07, 6.45) is 1.78. The highest BCUT2D eigenvalue weighted by Gasteiger charge is 2.11. The molecule has 0 radical (unpaired) electrons. The van der Waals surface area contributed by atoms with E-state index in [0.29, 0.717) is 0 Å². The first-order chi connectivity index (χ1) is 9.58. The van der Waals surface area contributed by atoms with Crippen LogP contribution in [0.15, 0.2) is 57.8 Å². The fraction of sp³-hybridized carbons (Fsp3) is 0.235. The van der Waals surface area contributed by atoms with Crippen LogP contribution in [-0.4, -0.2) is 10.8 Å². The molecule has 0 aliphatic heterocycles. The second-order valence-electron chi connectivity index (χ2n) is 4.96. The van der Waals surface area contributed by atoms with Gasteiger partial charge in [0.2, 0.25) is 0 Å². The summed E-state index contributed by atoms with van der Waals surface area (Å²) >= 11 is -1.32. The fourth-order valence-electron chi connectivity index (χ4n) is 2.04. The van der Waals surface area contributed by atoms with Crippen LogP contribution in [-0.2, 0) is 11.4 Å².